The molecule has 0 amide bonds. The van der Waals surface area contributed by atoms with Crippen molar-refractivity contribution in [2.75, 3.05) is 0 Å². The van der Waals surface area contributed by atoms with E-state index in [0.29, 0.717) is 0 Å². The topological polar surface area (TPSA) is 0 Å². The van der Waals surface area contributed by atoms with Gasteiger partial charge < -0.3 is 0 Å². The fourth-order valence-corrected chi connectivity index (χ4v) is 8.33. The van der Waals surface area contributed by atoms with Crippen LogP contribution in [0.4, 0.5) is 0 Å². The Balaban J connectivity index is 1.42. The van der Waals surface area contributed by atoms with E-state index in [-0.39, 0.29) is 5.41 Å². The van der Waals surface area contributed by atoms with E-state index >= 15 is 0 Å². The molecule has 2 heterocycles. The molecule has 0 nitrogen and oxygen atoms in total. The summed E-state index contributed by atoms with van der Waals surface area (Å²) < 4.78 is 0. The molecule has 2 heteroatoms. The van der Waals surface area contributed by atoms with Crippen LogP contribution in [0.2, 0.25) is 0 Å². The molecule has 4 aromatic carbocycles. The number of hydrogen-bond donors (Lipinski definition) is 0. The molecule has 0 atom stereocenters. The van der Waals surface area contributed by atoms with E-state index in [1.165, 1.54) is 64.0 Å². The second kappa shape index (κ2) is 10.6. The number of benzene rings is 4. The van der Waals surface area contributed by atoms with Gasteiger partial charge >= 0.3 is 0 Å². The average molecular weight is 563 g/mol. The lowest BCUT2D eigenvalue weighted by molar-refractivity contribution is 0.805. The summed E-state index contributed by atoms with van der Waals surface area (Å²) in [5.74, 6) is 0. The summed E-state index contributed by atoms with van der Waals surface area (Å²) >= 11 is 3.81. The van der Waals surface area contributed by atoms with Crippen LogP contribution in [0, 0.1) is 13.8 Å². The van der Waals surface area contributed by atoms with Crippen molar-refractivity contribution >= 4 is 47.0 Å². The van der Waals surface area contributed by atoms with Crippen molar-refractivity contribution in [2.24, 2.45) is 0 Å². The fraction of sp³-hybridized carbons (Fsp3) is 0.0769. The van der Waals surface area contributed by atoms with E-state index < -0.39 is 0 Å². The van der Waals surface area contributed by atoms with E-state index in [4.69, 9.17) is 0 Å². The van der Waals surface area contributed by atoms with Crippen LogP contribution in [0.25, 0.3) is 35.4 Å². The highest BCUT2D eigenvalue weighted by Crippen LogP contribution is 2.59. The van der Waals surface area contributed by atoms with Crippen LogP contribution in [0.1, 0.15) is 52.9 Å². The van der Waals surface area contributed by atoms with Gasteiger partial charge in [0.2, 0.25) is 0 Å². The van der Waals surface area contributed by atoms with E-state index in [0.717, 1.165) is 0 Å². The van der Waals surface area contributed by atoms with Crippen molar-refractivity contribution in [1.82, 2.24) is 0 Å². The van der Waals surface area contributed by atoms with Gasteiger partial charge in [0.15, 0.2) is 0 Å². The summed E-state index contributed by atoms with van der Waals surface area (Å²) in [5.41, 5.74) is 10.1. The van der Waals surface area contributed by atoms with Gasteiger partial charge in [-0.15, -0.1) is 22.7 Å². The van der Waals surface area contributed by atoms with Crippen molar-refractivity contribution in [1.29, 1.82) is 0 Å². The van der Waals surface area contributed by atoms with Crippen LogP contribution in [0.5, 0.6) is 0 Å². The minimum Gasteiger partial charge on any atom is -0.139 e. The minimum absolute atomic E-state index is 0.351. The summed E-state index contributed by atoms with van der Waals surface area (Å²) in [7, 11) is 0. The Morgan fingerprint density at radius 1 is 0.463 bits per heavy atom. The van der Waals surface area contributed by atoms with Crippen molar-refractivity contribution in [3.63, 3.8) is 0 Å². The standard InChI is InChI=1S/C39H30S2/c1-27-13-21-33-34-22-14-28(2)26-36(34)39(35(33)25-27,37-23-19-31(40-37)17-15-29-9-5-3-6-10-29)38-24-20-32(41-38)18-16-30-11-7-4-8-12-30/h3-26H,1-2H3/b17-15+,18-16+. The van der Waals surface area contributed by atoms with Crippen LogP contribution >= 0.6 is 22.7 Å². The van der Waals surface area contributed by atoms with Gasteiger partial charge in [0.1, 0.15) is 0 Å². The maximum Gasteiger partial charge on any atom is 0.0900 e. The van der Waals surface area contributed by atoms with E-state index in [9.17, 15) is 0 Å². The molecule has 7 rings (SSSR count). The van der Waals surface area contributed by atoms with Gasteiger partial charge in [-0.1, -0.05) is 120 Å². The first-order valence-corrected chi connectivity index (χ1v) is 15.6. The Kier molecular flexibility index (Phi) is 6.66. The first-order valence-electron chi connectivity index (χ1n) is 14.0. The first kappa shape index (κ1) is 25.7. The van der Waals surface area contributed by atoms with Crippen molar-refractivity contribution in [3.05, 3.63) is 174 Å². The predicted molar refractivity (Wildman–Crippen MR) is 180 cm³/mol. The van der Waals surface area contributed by atoms with Crippen LogP contribution < -0.4 is 0 Å². The maximum atomic E-state index is 2.42. The molecular formula is C39H30S2. The number of thiophene rings is 2. The fourth-order valence-electron chi connectivity index (χ4n) is 5.98. The van der Waals surface area contributed by atoms with Crippen molar-refractivity contribution < 1.29 is 0 Å². The number of hydrogen-bond acceptors (Lipinski definition) is 2. The van der Waals surface area contributed by atoms with Crippen LogP contribution in [0.3, 0.4) is 0 Å². The number of fused-ring (bicyclic) bond motifs is 3. The molecule has 0 aliphatic heterocycles. The van der Waals surface area contributed by atoms with Crippen LogP contribution in [0.15, 0.2) is 121 Å². The molecular weight excluding hydrogens is 533 g/mol. The van der Waals surface area contributed by atoms with Gasteiger partial charge in [-0.2, -0.15) is 0 Å². The summed E-state index contributed by atoms with van der Waals surface area (Å²) in [4.78, 5) is 5.25. The summed E-state index contributed by atoms with van der Waals surface area (Å²) in [6.45, 7) is 4.42. The molecule has 41 heavy (non-hydrogen) atoms. The lowest BCUT2D eigenvalue weighted by Gasteiger charge is -2.31. The van der Waals surface area contributed by atoms with Gasteiger partial charge in [-0.3, -0.25) is 0 Å². The normalized spacial score (nSPS) is 13.6. The van der Waals surface area contributed by atoms with Crippen LogP contribution in [-0.2, 0) is 5.41 Å². The highest BCUT2D eigenvalue weighted by molar-refractivity contribution is 7.15. The molecule has 0 saturated heterocycles. The summed E-state index contributed by atoms with van der Waals surface area (Å²) in [6, 6.07) is 44.4. The van der Waals surface area contributed by atoms with Gasteiger partial charge in [-0.05, 0) is 83.6 Å². The Morgan fingerprint density at radius 3 is 1.34 bits per heavy atom. The highest BCUT2D eigenvalue weighted by atomic mass is 32.1. The Labute approximate surface area is 250 Å². The molecule has 0 saturated carbocycles. The maximum absolute atomic E-state index is 2.42. The summed E-state index contributed by atoms with van der Waals surface area (Å²) in [5, 5.41) is 0. The molecule has 6 aromatic rings. The van der Waals surface area contributed by atoms with Gasteiger partial charge in [0.05, 0.1) is 5.41 Å². The Hall–Kier alpha value is -4.24. The third kappa shape index (κ3) is 4.64. The molecule has 0 N–H and O–H groups in total. The minimum atomic E-state index is -0.351. The molecule has 2 aromatic heterocycles. The Bertz CT molecular complexity index is 1760. The van der Waals surface area contributed by atoms with Gasteiger partial charge in [0.25, 0.3) is 0 Å². The molecule has 198 valence electrons. The molecule has 0 unspecified atom stereocenters. The molecule has 0 fully saturated rings. The van der Waals surface area contributed by atoms with E-state index in [1.54, 1.807) is 0 Å². The number of rotatable bonds is 6. The van der Waals surface area contributed by atoms with E-state index in [1.807, 2.05) is 22.7 Å². The van der Waals surface area contributed by atoms with Gasteiger partial charge in [-0.25, -0.2) is 0 Å². The molecule has 1 aliphatic rings. The lowest BCUT2D eigenvalue weighted by Crippen LogP contribution is -2.26. The van der Waals surface area contributed by atoms with E-state index in [2.05, 4.69) is 159 Å². The zero-order chi connectivity index (χ0) is 27.8. The highest BCUT2D eigenvalue weighted by Gasteiger charge is 2.48. The third-order valence-electron chi connectivity index (χ3n) is 7.92. The Morgan fingerprint density at radius 2 is 0.902 bits per heavy atom. The molecule has 0 spiro atoms. The second-order valence-electron chi connectivity index (χ2n) is 10.7. The molecule has 0 bridgehead atoms. The average Bonchev–Trinajstić information content (AvgIpc) is 3.73. The monoisotopic (exact) mass is 562 g/mol. The number of aryl methyl sites for hydroxylation is 2. The first-order chi connectivity index (χ1) is 20.1. The lowest BCUT2D eigenvalue weighted by atomic mass is 9.75. The van der Waals surface area contributed by atoms with Crippen molar-refractivity contribution in [2.45, 2.75) is 19.3 Å². The summed E-state index contributed by atoms with van der Waals surface area (Å²) in [6.07, 6.45) is 8.93. The second-order valence-corrected chi connectivity index (χ2v) is 13.0. The molecule has 0 radical (unpaired) electrons. The zero-order valence-electron chi connectivity index (χ0n) is 23.2. The van der Waals surface area contributed by atoms with Crippen molar-refractivity contribution in [3.8, 4) is 11.1 Å². The van der Waals surface area contributed by atoms with Crippen LogP contribution in [-0.4, -0.2) is 0 Å². The molecule has 1 aliphatic carbocycles. The largest absolute Gasteiger partial charge is 0.139 e. The van der Waals surface area contributed by atoms with Gasteiger partial charge in [0, 0.05) is 19.5 Å². The smallest absolute Gasteiger partial charge is 0.0900 e. The zero-order valence-corrected chi connectivity index (χ0v) is 24.8. The predicted octanol–water partition coefficient (Wildman–Crippen LogP) is 11.1. The quantitative estimate of drug-likeness (QED) is 0.189. The SMILES string of the molecule is Cc1ccc2c(c1)C(c1ccc(/C=C/c3ccccc3)s1)(c1ccc(/C=C/c3ccccc3)s1)c1cc(C)ccc1-2. The third-order valence-corrected chi connectivity index (χ3v) is 10.3.